The van der Waals surface area contributed by atoms with Gasteiger partial charge >= 0.3 is 0 Å². The van der Waals surface area contributed by atoms with E-state index in [-0.39, 0.29) is 17.3 Å². The maximum absolute atomic E-state index is 13.2. The van der Waals surface area contributed by atoms with E-state index in [1.165, 1.54) is 4.31 Å². The van der Waals surface area contributed by atoms with E-state index in [2.05, 4.69) is 5.32 Å². The number of amides is 1. The molecule has 134 valence electrons. The lowest BCUT2D eigenvalue weighted by Crippen LogP contribution is -2.40. The maximum atomic E-state index is 13.2. The van der Waals surface area contributed by atoms with E-state index >= 15 is 0 Å². The summed E-state index contributed by atoms with van der Waals surface area (Å²) in [6.45, 7) is 7.69. The molecule has 0 spiro atoms. The van der Waals surface area contributed by atoms with Gasteiger partial charge in [0.15, 0.2) is 0 Å². The van der Waals surface area contributed by atoms with E-state index in [0.717, 1.165) is 16.7 Å². The zero-order valence-corrected chi connectivity index (χ0v) is 15.9. The lowest BCUT2D eigenvalue weighted by atomic mass is 10.1. The summed E-state index contributed by atoms with van der Waals surface area (Å²) < 4.78 is 27.5. The Labute approximate surface area is 149 Å². The number of nitrogens with one attached hydrogen (secondary N) is 1. The SMILES string of the molecule is CCNC(=O)CN(c1cc(C)cc(C)c1)S(=O)(=O)c1ccc(C)cc1. The Morgan fingerprint density at radius 1 is 0.960 bits per heavy atom. The molecule has 1 amide bonds. The summed E-state index contributed by atoms with van der Waals surface area (Å²) in [7, 11) is -3.85. The van der Waals surface area contributed by atoms with Crippen LogP contribution in [0.3, 0.4) is 0 Å². The van der Waals surface area contributed by atoms with Gasteiger partial charge in [-0.2, -0.15) is 0 Å². The zero-order chi connectivity index (χ0) is 18.6. The molecular formula is C19H24N2O3S. The van der Waals surface area contributed by atoms with Gasteiger partial charge in [0.05, 0.1) is 10.6 Å². The summed E-state index contributed by atoms with van der Waals surface area (Å²) in [5, 5.41) is 2.66. The molecule has 5 nitrogen and oxygen atoms in total. The van der Waals surface area contributed by atoms with Gasteiger partial charge in [0, 0.05) is 6.54 Å². The highest BCUT2D eigenvalue weighted by atomic mass is 32.2. The summed E-state index contributed by atoms with van der Waals surface area (Å²) in [5.41, 5.74) is 3.34. The average Bonchev–Trinajstić information content (AvgIpc) is 2.52. The number of carbonyl (C=O) groups excluding carboxylic acids is 1. The van der Waals surface area contributed by atoms with E-state index in [1.54, 1.807) is 43.3 Å². The predicted octanol–water partition coefficient (Wildman–Crippen LogP) is 2.94. The van der Waals surface area contributed by atoms with Gasteiger partial charge in [-0.05, 0) is 63.1 Å². The first-order chi connectivity index (χ1) is 11.7. The molecule has 0 atom stereocenters. The Morgan fingerprint density at radius 3 is 2.04 bits per heavy atom. The molecule has 0 unspecified atom stereocenters. The number of nitrogens with zero attached hydrogens (tertiary/aromatic N) is 1. The van der Waals surface area contributed by atoms with Crippen LogP contribution in [0, 0.1) is 20.8 Å². The highest BCUT2D eigenvalue weighted by molar-refractivity contribution is 7.92. The van der Waals surface area contributed by atoms with Crippen LogP contribution in [0.15, 0.2) is 47.4 Å². The molecule has 2 rings (SSSR count). The first-order valence-corrected chi connectivity index (χ1v) is 9.62. The number of carbonyl (C=O) groups is 1. The van der Waals surface area contributed by atoms with Crippen LogP contribution in [0.25, 0.3) is 0 Å². The largest absolute Gasteiger partial charge is 0.355 e. The monoisotopic (exact) mass is 360 g/mol. The highest BCUT2D eigenvalue weighted by Crippen LogP contribution is 2.26. The Morgan fingerprint density at radius 2 is 1.52 bits per heavy atom. The zero-order valence-electron chi connectivity index (χ0n) is 15.0. The molecule has 0 fully saturated rings. The second kappa shape index (κ2) is 7.70. The number of benzene rings is 2. The summed E-state index contributed by atoms with van der Waals surface area (Å²) in [5.74, 6) is -0.336. The number of rotatable bonds is 6. The smallest absolute Gasteiger partial charge is 0.264 e. The molecule has 0 radical (unpaired) electrons. The van der Waals surface area contributed by atoms with Crippen molar-refractivity contribution in [1.29, 1.82) is 0 Å². The van der Waals surface area contributed by atoms with Gasteiger partial charge in [-0.3, -0.25) is 9.10 Å². The lowest BCUT2D eigenvalue weighted by molar-refractivity contribution is -0.119. The summed E-state index contributed by atoms with van der Waals surface area (Å²) in [4.78, 5) is 12.3. The second-order valence-electron chi connectivity index (χ2n) is 6.12. The molecule has 0 saturated heterocycles. The molecular weight excluding hydrogens is 336 g/mol. The Balaban J connectivity index is 2.53. The number of hydrogen-bond donors (Lipinski definition) is 1. The van der Waals surface area contributed by atoms with Crippen molar-refractivity contribution in [3.63, 3.8) is 0 Å². The van der Waals surface area contributed by atoms with E-state index in [0.29, 0.717) is 12.2 Å². The molecule has 2 aromatic carbocycles. The quantitative estimate of drug-likeness (QED) is 0.861. The maximum Gasteiger partial charge on any atom is 0.264 e. The van der Waals surface area contributed by atoms with Crippen LogP contribution in [0.2, 0.25) is 0 Å². The van der Waals surface area contributed by atoms with Crippen LogP contribution in [-0.2, 0) is 14.8 Å². The van der Waals surface area contributed by atoms with Crippen molar-refractivity contribution in [3.05, 3.63) is 59.2 Å². The van der Waals surface area contributed by atoms with Crippen LogP contribution < -0.4 is 9.62 Å². The fourth-order valence-electron chi connectivity index (χ4n) is 2.63. The summed E-state index contributed by atoms with van der Waals surface area (Å²) >= 11 is 0. The molecule has 1 N–H and O–H groups in total. The highest BCUT2D eigenvalue weighted by Gasteiger charge is 2.27. The Kier molecular flexibility index (Phi) is 5.85. The fourth-order valence-corrected chi connectivity index (χ4v) is 4.04. The molecule has 0 aliphatic carbocycles. The molecule has 0 heterocycles. The van der Waals surface area contributed by atoms with E-state index in [4.69, 9.17) is 0 Å². The van der Waals surface area contributed by atoms with Crippen molar-refractivity contribution < 1.29 is 13.2 Å². The minimum atomic E-state index is -3.85. The van der Waals surface area contributed by atoms with Gasteiger partial charge in [0.2, 0.25) is 5.91 Å². The average molecular weight is 360 g/mol. The van der Waals surface area contributed by atoms with Crippen molar-refractivity contribution >= 4 is 21.6 Å². The van der Waals surface area contributed by atoms with Crippen LogP contribution in [-0.4, -0.2) is 27.4 Å². The van der Waals surface area contributed by atoms with Crippen LogP contribution in [0.5, 0.6) is 0 Å². The Bertz CT molecular complexity index is 838. The minimum Gasteiger partial charge on any atom is -0.355 e. The molecule has 0 saturated carbocycles. The molecule has 6 heteroatoms. The van der Waals surface area contributed by atoms with Crippen molar-refractivity contribution in [2.75, 3.05) is 17.4 Å². The molecule has 0 aliphatic rings. The Hall–Kier alpha value is -2.34. The first kappa shape index (κ1) is 19.0. The number of sulfonamides is 1. The number of hydrogen-bond acceptors (Lipinski definition) is 3. The van der Waals surface area contributed by atoms with Crippen molar-refractivity contribution in [1.82, 2.24) is 5.32 Å². The molecule has 2 aromatic rings. The van der Waals surface area contributed by atoms with E-state index < -0.39 is 10.0 Å². The summed E-state index contributed by atoms with van der Waals surface area (Å²) in [6, 6.07) is 12.1. The van der Waals surface area contributed by atoms with Gasteiger partial charge in [-0.25, -0.2) is 8.42 Å². The van der Waals surface area contributed by atoms with E-state index in [1.807, 2.05) is 26.8 Å². The van der Waals surface area contributed by atoms with E-state index in [9.17, 15) is 13.2 Å². The molecule has 0 aromatic heterocycles. The lowest BCUT2D eigenvalue weighted by Gasteiger charge is -2.25. The van der Waals surface area contributed by atoms with Crippen LogP contribution >= 0.6 is 0 Å². The topological polar surface area (TPSA) is 66.5 Å². The first-order valence-electron chi connectivity index (χ1n) is 8.18. The third kappa shape index (κ3) is 4.60. The van der Waals surface area contributed by atoms with Crippen LogP contribution in [0.4, 0.5) is 5.69 Å². The number of aryl methyl sites for hydroxylation is 3. The predicted molar refractivity (Wildman–Crippen MR) is 100 cm³/mol. The molecule has 0 aliphatic heterocycles. The summed E-state index contributed by atoms with van der Waals surface area (Å²) in [6.07, 6.45) is 0. The normalized spacial score (nSPS) is 11.2. The van der Waals surface area contributed by atoms with Crippen molar-refractivity contribution in [2.45, 2.75) is 32.6 Å². The van der Waals surface area contributed by atoms with Gasteiger partial charge in [-0.1, -0.05) is 23.8 Å². The fraction of sp³-hybridized carbons (Fsp3) is 0.316. The standard InChI is InChI=1S/C19H24N2O3S/c1-5-20-19(22)13-21(17-11-15(3)10-16(4)12-17)25(23,24)18-8-6-14(2)7-9-18/h6-12H,5,13H2,1-4H3,(H,20,22). The molecule has 25 heavy (non-hydrogen) atoms. The van der Waals surface area contributed by atoms with Gasteiger partial charge in [0.25, 0.3) is 10.0 Å². The van der Waals surface area contributed by atoms with Gasteiger partial charge < -0.3 is 5.32 Å². The number of likely N-dealkylation sites (N-methyl/N-ethyl adjacent to an activating group) is 1. The molecule has 0 bridgehead atoms. The third-order valence-electron chi connectivity index (χ3n) is 3.76. The second-order valence-corrected chi connectivity index (χ2v) is 7.99. The van der Waals surface area contributed by atoms with Crippen LogP contribution in [0.1, 0.15) is 23.6 Å². The minimum absolute atomic E-state index is 0.168. The van der Waals surface area contributed by atoms with Crippen molar-refractivity contribution in [2.24, 2.45) is 0 Å². The number of anilines is 1. The van der Waals surface area contributed by atoms with Crippen molar-refractivity contribution in [3.8, 4) is 0 Å². The van der Waals surface area contributed by atoms with Gasteiger partial charge in [-0.15, -0.1) is 0 Å². The third-order valence-corrected chi connectivity index (χ3v) is 5.55. The van der Waals surface area contributed by atoms with Gasteiger partial charge in [0.1, 0.15) is 6.54 Å².